The molecule has 0 amide bonds. The quantitative estimate of drug-likeness (QED) is 0.626. The Morgan fingerprint density at radius 2 is 1.77 bits per heavy atom. The molecule has 1 aromatic carbocycles. The number of rotatable bonds is 1. The summed E-state index contributed by atoms with van der Waals surface area (Å²) in [5.41, 5.74) is 0.416. The first kappa shape index (κ1) is 17.7. The van der Waals surface area contributed by atoms with Gasteiger partial charge in [0.2, 0.25) is 0 Å². The van der Waals surface area contributed by atoms with E-state index >= 15 is 0 Å². The molecule has 0 spiro atoms. The molecule has 0 aliphatic rings. The highest BCUT2D eigenvalue weighted by atomic mass is 16.6. The van der Waals surface area contributed by atoms with E-state index in [0.717, 1.165) is 0 Å². The average Bonchev–Trinajstić information content (AvgIpc) is 3.02. The highest BCUT2D eigenvalue weighted by Gasteiger charge is 2.22. The normalized spacial score (nSPS) is 11.7. The van der Waals surface area contributed by atoms with Crippen LogP contribution in [0.15, 0.2) is 35.3 Å². The molecule has 0 saturated heterocycles. The summed E-state index contributed by atoms with van der Waals surface area (Å²) in [5, 5.41) is 0.953. The number of carbonyl (C=O) groups is 2. The lowest BCUT2D eigenvalue weighted by molar-refractivity contribution is 0.0543. The molecular formula is C19H20N2O5. The van der Waals surface area contributed by atoms with Gasteiger partial charge in [-0.2, -0.15) is 0 Å². The third-order valence-corrected chi connectivity index (χ3v) is 4.05. The summed E-state index contributed by atoms with van der Waals surface area (Å²) in [5.74, 6) is -0.496. The maximum Gasteiger partial charge on any atom is 0.419 e. The van der Waals surface area contributed by atoms with Gasteiger partial charge in [0.15, 0.2) is 0 Å². The van der Waals surface area contributed by atoms with Gasteiger partial charge in [0, 0.05) is 18.6 Å². The van der Waals surface area contributed by atoms with Crippen LogP contribution < -0.4 is 5.56 Å². The van der Waals surface area contributed by atoms with E-state index in [1.54, 1.807) is 52.1 Å². The standard InChI is InChI=1S/C19H20N2O5/c1-19(2,3)26-18(24)21-9-8-12-15(21)13-10-11(17(23)25-5)6-7-14(13)20(4)16(12)22/h6-10H,1-5H3. The van der Waals surface area contributed by atoms with Gasteiger partial charge in [0.25, 0.3) is 5.56 Å². The Kier molecular flexibility index (Phi) is 4.10. The number of ether oxygens (including phenoxy) is 2. The van der Waals surface area contributed by atoms with Gasteiger partial charge in [-0.3, -0.25) is 9.36 Å². The van der Waals surface area contributed by atoms with Gasteiger partial charge in [-0.15, -0.1) is 0 Å². The van der Waals surface area contributed by atoms with E-state index in [9.17, 15) is 14.4 Å². The molecule has 3 rings (SSSR count). The topological polar surface area (TPSA) is 79.5 Å². The van der Waals surface area contributed by atoms with E-state index in [0.29, 0.717) is 27.4 Å². The van der Waals surface area contributed by atoms with Gasteiger partial charge in [-0.25, -0.2) is 9.59 Å². The minimum Gasteiger partial charge on any atom is -0.465 e. The number of benzene rings is 1. The smallest absolute Gasteiger partial charge is 0.419 e. The predicted molar refractivity (Wildman–Crippen MR) is 97.7 cm³/mol. The van der Waals surface area contributed by atoms with Crippen LogP contribution in [0.2, 0.25) is 0 Å². The van der Waals surface area contributed by atoms with Crippen LogP contribution in [0.1, 0.15) is 31.1 Å². The van der Waals surface area contributed by atoms with Crippen LogP contribution in [0.5, 0.6) is 0 Å². The van der Waals surface area contributed by atoms with Crippen LogP contribution >= 0.6 is 0 Å². The van der Waals surface area contributed by atoms with Crippen molar-refractivity contribution in [3.63, 3.8) is 0 Å². The van der Waals surface area contributed by atoms with Gasteiger partial charge in [0.1, 0.15) is 5.60 Å². The fraction of sp³-hybridized carbons (Fsp3) is 0.316. The molecule has 0 atom stereocenters. The molecule has 136 valence electrons. The zero-order valence-electron chi connectivity index (χ0n) is 15.3. The van der Waals surface area contributed by atoms with Crippen molar-refractivity contribution in [3.05, 3.63) is 46.4 Å². The van der Waals surface area contributed by atoms with Crippen LogP contribution in [-0.2, 0) is 16.5 Å². The average molecular weight is 356 g/mol. The van der Waals surface area contributed by atoms with Gasteiger partial charge in [0.05, 0.1) is 29.1 Å². The number of nitrogens with zero attached hydrogens (tertiary/aromatic N) is 2. The first-order chi connectivity index (χ1) is 12.1. The number of methoxy groups -OCH3 is 1. The Hall–Kier alpha value is -3.09. The fourth-order valence-corrected chi connectivity index (χ4v) is 2.90. The summed E-state index contributed by atoms with van der Waals surface area (Å²) in [6, 6.07) is 6.44. The molecule has 0 radical (unpaired) electrons. The van der Waals surface area contributed by atoms with E-state index in [-0.39, 0.29) is 5.56 Å². The molecule has 7 nitrogen and oxygen atoms in total. The molecule has 0 aliphatic heterocycles. The molecule has 7 heteroatoms. The third-order valence-electron chi connectivity index (χ3n) is 4.05. The molecule has 2 heterocycles. The summed E-state index contributed by atoms with van der Waals surface area (Å²) in [6.07, 6.45) is 0.912. The molecule has 0 unspecified atom stereocenters. The molecule has 0 N–H and O–H groups in total. The highest BCUT2D eigenvalue weighted by molar-refractivity contribution is 6.09. The Bertz CT molecular complexity index is 1100. The Labute approximate surface area is 149 Å². The maximum atomic E-state index is 12.6. The van der Waals surface area contributed by atoms with Crippen molar-refractivity contribution in [3.8, 4) is 0 Å². The minimum atomic E-state index is -0.680. The third kappa shape index (κ3) is 2.85. The van der Waals surface area contributed by atoms with E-state index < -0.39 is 17.7 Å². The van der Waals surface area contributed by atoms with E-state index in [1.807, 2.05) is 0 Å². The lowest BCUT2D eigenvalue weighted by atomic mass is 10.1. The zero-order valence-corrected chi connectivity index (χ0v) is 15.3. The summed E-state index contributed by atoms with van der Waals surface area (Å²) >= 11 is 0. The Balaban J connectivity index is 2.37. The van der Waals surface area contributed by atoms with Crippen molar-refractivity contribution in [2.24, 2.45) is 7.05 Å². The lowest BCUT2D eigenvalue weighted by Gasteiger charge is -2.20. The van der Waals surface area contributed by atoms with Crippen LogP contribution in [-0.4, -0.2) is 33.9 Å². The predicted octanol–water partition coefficient (Wildman–Crippen LogP) is 3.06. The number of hydrogen-bond acceptors (Lipinski definition) is 5. The van der Waals surface area contributed by atoms with Gasteiger partial charge >= 0.3 is 12.1 Å². The maximum absolute atomic E-state index is 12.6. The highest BCUT2D eigenvalue weighted by Crippen LogP contribution is 2.26. The molecule has 0 aliphatic carbocycles. The van der Waals surface area contributed by atoms with E-state index in [2.05, 4.69) is 0 Å². The second kappa shape index (κ2) is 6.01. The van der Waals surface area contributed by atoms with Crippen molar-refractivity contribution < 1.29 is 19.1 Å². The molecular weight excluding hydrogens is 336 g/mol. The van der Waals surface area contributed by atoms with Crippen LogP contribution in [0, 0.1) is 0 Å². The first-order valence-electron chi connectivity index (χ1n) is 8.09. The molecule has 3 aromatic rings. The van der Waals surface area contributed by atoms with Crippen LogP contribution in [0.4, 0.5) is 4.79 Å². The van der Waals surface area contributed by atoms with E-state index in [4.69, 9.17) is 9.47 Å². The van der Waals surface area contributed by atoms with E-state index in [1.165, 1.54) is 22.4 Å². The molecule has 0 fully saturated rings. The van der Waals surface area contributed by atoms with Crippen LogP contribution in [0.3, 0.4) is 0 Å². The second-order valence-electron chi connectivity index (χ2n) is 7.02. The molecule has 0 bridgehead atoms. The summed E-state index contributed by atoms with van der Waals surface area (Å²) < 4.78 is 13.0. The largest absolute Gasteiger partial charge is 0.465 e. The van der Waals surface area contributed by atoms with Gasteiger partial charge < -0.3 is 14.0 Å². The zero-order chi connectivity index (χ0) is 19.2. The van der Waals surface area contributed by atoms with Crippen molar-refractivity contribution in [2.45, 2.75) is 26.4 Å². The molecule has 2 aromatic heterocycles. The second-order valence-corrected chi connectivity index (χ2v) is 7.02. The van der Waals surface area contributed by atoms with Crippen molar-refractivity contribution in [2.75, 3.05) is 7.11 Å². The SMILES string of the molecule is COC(=O)c1ccc2c(c1)c1c(ccn1C(=O)OC(C)(C)C)c(=O)n2C. The van der Waals surface area contributed by atoms with Crippen molar-refractivity contribution in [1.82, 2.24) is 9.13 Å². The van der Waals surface area contributed by atoms with Gasteiger partial charge in [-0.1, -0.05) is 0 Å². The number of pyridine rings is 1. The van der Waals surface area contributed by atoms with Crippen molar-refractivity contribution >= 4 is 33.9 Å². The molecule has 26 heavy (non-hydrogen) atoms. The number of aryl methyl sites for hydroxylation is 1. The molecule has 0 saturated carbocycles. The Morgan fingerprint density at radius 1 is 1.08 bits per heavy atom. The minimum absolute atomic E-state index is 0.236. The summed E-state index contributed by atoms with van der Waals surface area (Å²) in [7, 11) is 2.94. The fourth-order valence-electron chi connectivity index (χ4n) is 2.90. The van der Waals surface area contributed by atoms with Gasteiger partial charge in [-0.05, 0) is 45.0 Å². The number of hydrogen-bond donors (Lipinski definition) is 0. The van der Waals surface area contributed by atoms with Crippen molar-refractivity contribution in [1.29, 1.82) is 0 Å². The number of aromatic nitrogens is 2. The Morgan fingerprint density at radius 3 is 2.38 bits per heavy atom. The van der Waals surface area contributed by atoms with Crippen LogP contribution in [0.25, 0.3) is 21.8 Å². The number of esters is 1. The number of carbonyl (C=O) groups excluding carboxylic acids is 2. The summed E-state index contributed by atoms with van der Waals surface area (Å²) in [4.78, 5) is 37.1. The monoisotopic (exact) mass is 356 g/mol. The number of fused-ring (bicyclic) bond motifs is 3. The summed E-state index contributed by atoms with van der Waals surface area (Å²) in [6.45, 7) is 5.30. The first-order valence-corrected chi connectivity index (χ1v) is 8.09. The lowest BCUT2D eigenvalue weighted by Crippen LogP contribution is -2.27.